The molecule has 1 saturated heterocycles. The third kappa shape index (κ3) is 4.56. The molecular weight excluding hydrogens is 483 g/mol. The van der Waals surface area contributed by atoms with Crippen LogP contribution in [0.3, 0.4) is 0 Å². The lowest BCUT2D eigenvalue weighted by Crippen LogP contribution is -2.36. The number of nitrogens with zero attached hydrogens (tertiary/aromatic N) is 2. The normalized spacial score (nSPS) is 18.3. The van der Waals surface area contributed by atoms with Crippen molar-refractivity contribution in [2.24, 2.45) is 0 Å². The molecule has 5 rings (SSSR count). The number of halogens is 1. The molecule has 11 heteroatoms. The van der Waals surface area contributed by atoms with Gasteiger partial charge in [0.15, 0.2) is 17.5 Å². The van der Waals surface area contributed by atoms with Crippen molar-refractivity contribution in [1.82, 2.24) is 9.88 Å². The van der Waals surface area contributed by atoms with Gasteiger partial charge in [-0.1, -0.05) is 12.1 Å². The summed E-state index contributed by atoms with van der Waals surface area (Å²) < 4.78 is 45.7. The Bertz CT molecular complexity index is 1230. The quantitative estimate of drug-likeness (QED) is 0.398. The Labute approximate surface area is 200 Å². The standard InChI is InChI=1S/C23H23FN2O6S2/c24-18-9-15(16-2-4-21-20(10-16)32-13-34(21,29)30)1-3-19(18)31-12-17-11-25-22(33-17)14-5-7-26(8-6-14)23(27)28/h1-4,9-11,14,29-30H,5-8,12-13H2,(H,27,28). The molecule has 3 aromatic rings. The minimum Gasteiger partial charge on any atom is -0.485 e. The van der Waals surface area contributed by atoms with Gasteiger partial charge in [-0.3, -0.25) is 9.11 Å². The molecule has 2 aliphatic rings. The highest BCUT2D eigenvalue weighted by molar-refractivity contribution is 8.24. The summed E-state index contributed by atoms with van der Waals surface area (Å²) in [4.78, 5) is 18.2. The maximum Gasteiger partial charge on any atom is 0.407 e. The van der Waals surface area contributed by atoms with Crippen LogP contribution in [0.5, 0.6) is 11.5 Å². The predicted molar refractivity (Wildman–Crippen MR) is 126 cm³/mol. The summed E-state index contributed by atoms with van der Waals surface area (Å²) in [6.45, 7) is 1.19. The largest absolute Gasteiger partial charge is 0.485 e. The van der Waals surface area contributed by atoms with Crippen molar-refractivity contribution >= 4 is 28.0 Å². The second-order valence-corrected chi connectivity index (χ2v) is 11.4. The molecule has 2 aliphatic heterocycles. The number of carbonyl (C=O) groups is 1. The van der Waals surface area contributed by atoms with Gasteiger partial charge < -0.3 is 19.5 Å². The summed E-state index contributed by atoms with van der Waals surface area (Å²) >= 11 is 1.51. The molecule has 3 heterocycles. The van der Waals surface area contributed by atoms with Crippen molar-refractivity contribution in [3.05, 3.63) is 58.3 Å². The van der Waals surface area contributed by atoms with Gasteiger partial charge >= 0.3 is 6.09 Å². The minimum absolute atomic E-state index is 0.125. The summed E-state index contributed by atoms with van der Waals surface area (Å²) in [5.74, 6) is 0.0836. The van der Waals surface area contributed by atoms with E-state index in [0.717, 1.165) is 22.7 Å². The maximum absolute atomic E-state index is 14.7. The van der Waals surface area contributed by atoms with E-state index in [2.05, 4.69) is 4.98 Å². The highest BCUT2D eigenvalue weighted by Gasteiger charge is 2.29. The third-order valence-corrected chi connectivity index (χ3v) is 8.62. The van der Waals surface area contributed by atoms with Crippen LogP contribution in [0.15, 0.2) is 47.5 Å². The average Bonchev–Trinajstić information content (AvgIpc) is 3.42. The summed E-state index contributed by atoms with van der Waals surface area (Å²) in [7, 11) is -2.91. The molecule has 8 nitrogen and oxygen atoms in total. The number of hydrogen-bond acceptors (Lipinski definition) is 7. The fourth-order valence-corrected chi connectivity index (χ4v) is 6.27. The van der Waals surface area contributed by atoms with Gasteiger partial charge in [-0.25, -0.2) is 14.2 Å². The van der Waals surface area contributed by atoms with Gasteiger partial charge in [-0.05, 0) is 48.2 Å². The molecule has 0 radical (unpaired) electrons. The van der Waals surface area contributed by atoms with Gasteiger partial charge in [0.1, 0.15) is 17.3 Å². The van der Waals surface area contributed by atoms with Crippen LogP contribution in [0.4, 0.5) is 9.18 Å². The fraction of sp³-hybridized carbons (Fsp3) is 0.304. The monoisotopic (exact) mass is 506 g/mol. The summed E-state index contributed by atoms with van der Waals surface area (Å²) in [6.07, 6.45) is 2.32. The first-order chi connectivity index (χ1) is 16.3. The van der Waals surface area contributed by atoms with E-state index in [1.165, 1.54) is 22.3 Å². The van der Waals surface area contributed by atoms with E-state index < -0.39 is 22.5 Å². The van der Waals surface area contributed by atoms with E-state index in [0.29, 0.717) is 34.9 Å². The van der Waals surface area contributed by atoms with Crippen LogP contribution in [0.1, 0.15) is 28.6 Å². The van der Waals surface area contributed by atoms with Crippen molar-refractivity contribution in [2.45, 2.75) is 30.3 Å². The zero-order valence-corrected chi connectivity index (χ0v) is 19.6. The van der Waals surface area contributed by atoms with Crippen LogP contribution < -0.4 is 9.47 Å². The smallest absolute Gasteiger partial charge is 0.407 e. The highest BCUT2D eigenvalue weighted by atomic mass is 32.3. The number of ether oxygens (including phenoxy) is 2. The van der Waals surface area contributed by atoms with E-state index in [-0.39, 0.29) is 24.2 Å². The number of amides is 1. The number of piperidine rings is 1. The van der Waals surface area contributed by atoms with Crippen molar-refractivity contribution in [3.8, 4) is 22.6 Å². The Hall–Kier alpha value is -2.86. The molecule has 1 fully saturated rings. The molecule has 1 aromatic heterocycles. The molecule has 1 amide bonds. The first kappa shape index (κ1) is 22.9. The molecule has 0 aliphatic carbocycles. The number of thiazole rings is 1. The number of carboxylic acid groups (broad SMARTS) is 1. The van der Waals surface area contributed by atoms with Gasteiger partial charge in [0.05, 0.1) is 9.88 Å². The Morgan fingerprint density at radius 1 is 1.21 bits per heavy atom. The van der Waals surface area contributed by atoms with E-state index in [1.807, 2.05) is 0 Å². The van der Waals surface area contributed by atoms with Crippen molar-refractivity contribution in [1.29, 1.82) is 0 Å². The fourth-order valence-electron chi connectivity index (χ4n) is 4.12. The molecule has 0 spiro atoms. The second-order valence-electron chi connectivity index (χ2n) is 8.23. The second kappa shape index (κ2) is 9.06. The summed E-state index contributed by atoms with van der Waals surface area (Å²) in [5, 5.41) is 10.0. The van der Waals surface area contributed by atoms with Crippen LogP contribution in [0.2, 0.25) is 0 Å². The van der Waals surface area contributed by atoms with Crippen LogP contribution in [-0.4, -0.2) is 49.2 Å². The Kier molecular flexibility index (Phi) is 6.11. The van der Waals surface area contributed by atoms with E-state index in [4.69, 9.17) is 14.6 Å². The lowest BCUT2D eigenvalue weighted by molar-refractivity contribution is 0.132. The molecule has 180 valence electrons. The van der Waals surface area contributed by atoms with Crippen LogP contribution in [-0.2, 0) is 6.61 Å². The van der Waals surface area contributed by atoms with Gasteiger partial charge in [0.25, 0.3) is 0 Å². The summed E-state index contributed by atoms with van der Waals surface area (Å²) in [5.41, 5.74) is 1.31. The van der Waals surface area contributed by atoms with E-state index >= 15 is 0 Å². The van der Waals surface area contributed by atoms with Crippen LogP contribution >= 0.6 is 21.9 Å². The molecule has 0 bridgehead atoms. The minimum atomic E-state index is -2.91. The molecule has 34 heavy (non-hydrogen) atoms. The molecule has 2 aromatic carbocycles. The lowest BCUT2D eigenvalue weighted by atomic mass is 9.98. The Balaban J connectivity index is 1.22. The van der Waals surface area contributed by atoms with Crippen molar-refractivity contribution in [2.75, 3.05) is 19.0 Å². The number of aromatic nitrogens is 1. The molecule has 0 unspecified atom stereocenters. The molecule has 0 saturated carbocycles. The number of benzene rings is 2. The number of likely N-dealkylation sites (tertiary alicyclic amines) is 1. The molecule has 0 atom stereocenters. The first-order valence-corrected chi connectivity index (χ1v) is 13.2. The van der Waals surface area contributed by atoms with Gasteiger partial charge in [0.2, 0.25) is 0 Å². The van der Waals surface area contributed by atoms with Crippen molar-refractivity contribution < 1.29 is 32.9 Å². The maximum atomic E-state index is 14.7. The van der Waals surface area contributed by atoms with Crippen LogP contribution in [0, 0.1) is 5.82 Å². The highest BCUT2D eigenvalue weighted by Crippen LogP contribution is 2.57. The predicted octanol–water partition coefficient (Wildman–Crippen LogP) is 5.85. The van der Waals surface area contributed by atoms with Gasteiger partial charge in [-0.2, -0.15) is 0 Å². The van der Waals surface area contributed by atoms with Crippen molar-refractivity contribution in [3.63, 3.8) is 0 Å². The van der Waals surface area contributed by atoms with Crippen LogP contribution in [0.25, 0.3) is 11.1 Å². The topological polar surface area (TPSA) is 112 Å². The average molecular weight is 507 g/mol. The Morgan fingerprint density at radius 3 is 2.68 bits per heavy atom. The zero-order valence-electron chi connectivity index (χ0n) is 18.0. The zero-order chi connectivity index (χ0) is 23.9. The first-order valence-electron chi connectivity index (χ1n) is 10.7. The third-order valence-electron chi connectivity index (χ3n) is 6.00. The molecule has 3 N–H and O–H groups in total. The summed E-state index contributed by atoms with van der Waals surface area (Å²) in [6, 6.07) is 9.65. The van der Waals surface area contributed by atoms with Gasteiger partial charge in [0, 0.05) is 25.2 Å². The number of rotatable bonds is 5. The van der Waals surface area contributed by atoms with E-state index in [9.17, 15) is 18.3 Å². The number of hydrogen-bond donors (Lipinski definition) is 3. The molecular formula is C23H23FN2O6S2. The number of fused-ring (bicyclic) bond motifs is 1. The Morgan fingerprint density at radius 2 is 1.94 bits per heavy atom. The lowest BCUT2D eigenvalue weighted by Gasteiger charge is -2.28. The SMILES string of the molecule is O=C(O)N1CCC(c2ncc(COc3ccc(-c4ccc5c(c4)OCS5(O)O)cc3F)s2)CC1. The van der Waals surface area contributed by atoms with E-state index in [1.54, 1.807) is 36.5 Å². The van der Waals surface area contributed by atoms with Gasteiger partial charge in [-0.15, -0.1) is 21.9 Å².